The topological polar surface area (TPSA) is 21.3 Å². The Kier molecular flexibility index (Phi) is 5.24. The van der Waals surface area contributed by atoms with E-state index in [4.69, 9.17) is 4.74 Å². The lowest BCUT2D eigenvalue weighted by molar-refractivity contribution is 0.414. The zero-order chi connectivity index (χ0) is 12.6. The second kappa shape index (κ2) is 7.19. The number of nitrogens with one attached hydrogen (secondary N) is 1. The molecule has 0 aliphatic carbocycles. The van der Waals surface area contributed by atoms with Gasteiger partial charge in [0.05, 0.1) is 7.11 Å². The monoisotopic (exact) mass is 261 g/mol. The number of rotatable bonds is 7. The summed E-state index contributed by atoms with van der Waals surface area (Å²) < 4.78 is 5.21. The second-order valence-corrected chi connectivity index (χ2v) is 5.01. The average Bonchev–Trinajstić information content (AvgIpc) is 2.92. The number of ether oxygens (including phenoxy) is 1. The fourth-order valence-electron chi connectivity index (χ4n) is 1.85. The molecule has 0 atom stereocenters. The van der Waals surface area contributed by atoms with E-state index in [0.717, 1.165) is 31.7 Å². The predicted octanol–water partition coefficient (Wildman–Crippen LogP) is 3.13. The van der Waals surface area contributed by atoms with E-state index < -0.39 is 0 Å². The molecule has 1 heterocycles. The minimum atomic E-state index is 0.936. The Morgan fingerprint density at radius 3 is 2.67 bits per heavy atom. The van der Waals surface area contributed by atoms with Crippen LogP contribution in [0.1, 0.15) is 11.1 Å². The first-order valence-electron chi connectivity index (χ1n) is 6.23. The van der Waals surface area contributed by atoms with Gasteiger partial charge in [0.1, 0.15) is 5.75 Å². The van der Waals surface area contributed by atoms with Gasteiger partial charge in [-0.1, -0.05) is 12.1 Å². The van der Waals surface area contributed by atoms with Crippen molar-refractivity contribution in [3.8, 4) is 5.75 Å². The van der Waals surface area contributed by atoms with Crippen LogP contribution in [0.4, 0.5) is 0 Å². The Morgan fingerprint density at radius 1 is 1.11 bits per heavy atom. The zero-order valence-electron chi connectivity index (χ0n) is 10.7. The van der Waals surface area contributed by atoms with Gasteiger partial charge in [-0.05, 0) is 66.0 Å². The first-order chi connectivity index (χ1) is 8.88. The molecule has 18 heavy (non-hydrogen) atoms. The maximum atomic E-state index is 5.21. The van der Waals surface area contributed by atoms with Crippen LogP contribution in [0.3, 0.4) is 0 Å². The van der Waals surface area contributed by atoms with Crippen molar-refractivity contribution >= 4 is 11.3 Å². The molecule has 2 nitrogen and oxygen atoms in total. The van der Waals surface area contributed by atoms with Crippen molar-refractivity contribution in [2.45, 2.75) is 12.8 Å². The van der Waals surface area contributed by atoms with Crippen molar-refractivity contribution in [2.75, 3.05) is 20.2 Å². The lowest BCUT2D eigenvalue weighted by atomic mass is 10.1. The van der Waals surface area contributed by atoms with Crippen LogP contribution in [0.2, 0.25) is 0 Å². The Labute approximate surface area is 113 Å². The molecule has 0 unspecified atom stereocenters. The normalized spacial score (nSPS) is 10.5. The second-order valence-electron chi connectivity index (χ2n) is 4.23. The smallest absolute Gasteiger partial charge is 0.119 e. The van der Waals surface area contributed by atoms with Crippen LogP contribution in [0.15, 0.2) is 41.1 Å². The highest BCUT2D eigenvalue weighted by atomic mass is 32.1. The van der Waals surface area contributed by atoms with Crippen LogP contribution in [-0.4, -0.2) is 20.2 Å². The van der Waals surface area contributed by atoms with E-state index >= 15 is 0 Å². The highest BCUT2D eigenvalue weighted by Gasteiger charge is 1.96. The van der Waals surface area contributed by atoms with Crippen LogP contribution in [-0.2, 0) is 12.8 Å². The van der Waals surface area contributed by atoms with E-state index in [9.17, 15) is 0 Å². The van der Waals surface area contributed by atoms with Gasteiger partial charge in [-0.15, -0.1) is 0 Å². The van der Waals surface area contributed by atoms with Gasteiger partial charge in [-0.3, -0.25) is 0 Å². The maximum absolute atomic E-state index is 5.21. The molecule has 3 heteroatoms. The molecule has 2 aromatic rings. The Bertz CT molecular complexity index is 453. The van der Waals surface area contributed by atoms with E-state index in [-0.39, 0.29) is 0 Å². The summed E-state index contributed by atoms with van der Waals surface area (Å²) >= 11 is 1.76. The molecule has 1 aromatic carbocycles. The molecule has 0 aliphatic rings. The largest absolute Gasteiger partial charge is 0.497 e. The fourth-order valence-corrected chi connectivity index (χ4v) is 2.56. The van der Waals surface area contributed by atoms with Gasteiger partial charge in [0.25, 0.3) is 0 Å². The lowest BCUT2D eigenvalue weighted by Gasteiger charge is -2.06. The van der Waals surface area contributed by atoms with Crippen molar-refractivity contribution in [1.29, 1.82) is 0 Å². The van der Waals surface area contributed by atoms with E-state index in [1.807, 2.05) is 12.1 Å². The summed E-state index contributed by atoms with van der Waals surface area (Å²) in [5, 5.41) is 7.82. The van der Waals surface area contributed by atoms with Crippen molar-refractivity contribution in [2.24, 2.45) is 0 Å². The number of thiophene rings is 1. The Balaban J connectivity index is 1.65. The summed E-state index contributed by atoms with van der Waals surface area (Å²) in [5.74, 6) is 0.936. The zero-order valence-corrected chi connectivity index (χ0v) is 11.5. The number of hydrogen-bond donors (Lipinski definition) is 1. The predicted molar refractivity (Wildman–Crippen MR) is 77.6 cm³/mol. The molecule has 0 radical (unpaired) electrons. The average molecular weight is 261 g/mol. The van der Waals surface area contributed by atoms with Crippen LogP contribution >= 0.6 is 11.3 Å². The molecule has 0 fully saturated rings. The van der Waals surface area contributed by atoms with Crippen molar-refractivity contribution < 1.29 is 4.74 Å². The van der Waals surface area contributed by atoms with Gasteiger partial charge in [0.2, 0.25) is 0 Å². The molecule has 1 N–H and O–H groups in total. The van der Waals surface area contributed by atoms with Gasteiger partial charge < -0.3 is 10.1 Å². The highest BCUT2D eigenvalue weighted by Crippen LogP contribution is 2.12. The summed E-state index contributed by atoms with van der Waals surface area (Å²) in [6.07, 6.45) is 2.16. The van der Waals surface area contributed by atoms with Crippen molar-refractivity contribution in [1.82, 2.24) is 5.32 Å². The first-order valence-corrected chi connectivity index (χ1v) is 7.17. The number of benzene rings is 1. The van der Waals surface area contributed by atoms with E-state index in [2.05, 4.69) is 34.3 Å². The maximum Gasteiger partial charge on any atom is 0.119 e. The molecule has 0 saturated carbocycles. The van der Waals surface area contributed by atoms with E-state index in [1.165, 1.54) is 11.1 Å². The quantitative estimate of drug-likeness (QED) is 0.773. The van der Waals surface area contributed by atoms with Crippen LogP contribution in [0.25, 0.3) is 0 Å². The number of hydrogen-bond acceptors (Lipinski definition) is 3. The summed E-state index contributed by atoms with van der Waals surface area (Å²) in [6.45, 7) is 2.05. The van der Waals surface area contributed by atoms with Gasteiger partial charge in [0.15, 0.2) is 0 Å². The molecule has 0 spiro atoms. The number of methoxy groups -OCH3 is 1. The molecule has 0 aliphatic heterocycles. The van der Waals surface area contributed by atoms with Crippen LogP contribution in [0.5, 0.6) is 5.75 Å². The molecule has 0 saturated heterocycles. The van der Waals surface area contributed by atoms with E-state index in [1.54, 1.807) is 18.4 Å². The first kappa shape index (κ1) is 13.1. The standard InChI is InChI=1S/C15H19NOS/c1-17-15-4-2-3-13(11-15)5-8-16-9-6-14-7-10-18-12-14/h2-4,7,10-12,16H,5-6,8-9H2,1H3. The third-order valence-electron chi connectivity index (χ3n) is 2.90. The summed E-state index contributed by atoms with van der Waals surface area (Å²) in [5.41, 5.74) is 2.74. The lowest BCUT2D eigenvalue weighted by Crippen LogP contribution is -2.19. The third-order valence-corrected chi connectivity index (χ3v) is 3.63. The van der Waals surface area contributed by atoms with Crippen LogP contribution < -0.4 is 10.1 Å². The third kappa shape index (κ3) is 4.17. The fraction of sp³-hybridized carbons (Fsp3) is 0.333. The van der Waals surface area contributed by atoms with E-state index in [0.29, 0.717) is 0 Å². The summed E-state index contributed by atoms with van der Waals surface area (Å²) in [6, 6.07) is 10.4. The van der Waals surface area contributed by atoms with Gasteiger partial charge in [0, 0.05) is 0 Å². The molecule has 1 aromatic heterocycles. The van der Waals surface area contributed by atoms with Gasteiger partial charge >= 0.3 is 0 Å². The Morgan fingerprint density at radius 2 is 1.94 bits per heavy atom. The molecule has 96 valence electrons. The van der Waals surface area contributed by atoms with Gasteiger partial charge in [-0.25, -0.2) is 0 Å². The highest BCUT2D eigenvalue weighted by molar-refractivity contribution is 7.07. The summed E-state index contributed by atoms with van der Waals surface area (Å²) in [7, 11) is 1.71. The molecular formula is C15H19NOS. The van der Waals surface area contributed by atoms with Crippen molar-refractivity contribution in [3.05, 3.63) is 52.2 Å². The molecule has 0 amide bonds. The molecular weight excluding hydrogens is 242 g/mol. The molecule has 2 rings (SSSR count). The minimum Gasteiger partial charge on any atom is -0.497 e. The molecule has 0 bridgehead atoms. The minimum absolute atomic E-state index is 0.936. The SMILES string of the molecule is COc1cccc(CCNCCc2ccsc2)c1. The van der Waals surface area contributed by atoms with Crippen LogP contribution in [0, 0.1) is 0 Å². The summed E-state index contributed by atoms with van der Waals surface area (Å²) in [4.78, 5) is 0. The van der Waals surface area contributed by atoms with Gasteiger partial charge in [-0.2, -0.15) is 11.3 Å². The van der Waals surface area contributed by atoms with Crippen molar-refractivity contribution in [3.63, 3.8) is 0 Å². The Hall–Kier alpha value is -1.32.